The lowest BCUT2D eigenvalue weighted by Gasteiger charge is -2.09. The van der Waals surface area contributed by atoms with Crippen molar-refractivity contribution in [2.75, 3.05) is 0 Å². The number of halogens is 3. The third kappa shape index (κ3) is 2.56. The van der Waals surface area contributed by atoms with Crippen LogP contribution in [0.2, 0.25) is 0 Å². The normalized spacial score (nSPS) is 11.8. The maximum absolute atomic E-state index is 12.2. The van der Waals surface area contributed by atoms with Crippen LogP contribution in [0.4, 0.5) is 13.2 Å². The smallest absolute Gasteiger partial charge is 0.406 e. The molecule has 102 valence electrons. The second kappa shape index (κ2) is 4.52. The highest BCUT2D eigenvalue weighted by Crippen LogP contribution is 2.27. The predicted octanol–water partition coefficient (Wildman–Crippen LogP) is 3.52. The SMILES string of the molecule is FC(F)(F)Oc1cccc(-c2cnc3[nH]ccc3n2)c1. The summed E-state index contributed by atoms with van der Waals surface area (Å²) < 4.78 is 40.4. The van der Waals surface area contributed by atoms with Crippen LogP contribution in [0.1, 0.15) is 0 Å². The summed E-state index contributed by atoms with van der Waals surface area (Å²) in [5, 5.41) is 0. The molecule has 20 heavy (non-hydrogen) atoms. The van der Waals surface area contributed by atoms with E-state index in [1.54, 1.807) is 18.3 Å². The Hall–Kier alpha value is -2.57. The van der Waals surface area contributed by atoms with Gasteiger partial charge in [-0.05, 0) is 18.2 Å². The second-order valence-corrected chi connectivity index (χ2v) is 4.04. The minimum Gasteiger partial charge on any atom is -0.406 e. The fraction of sp³-hybridized carbons (Fsp3) is 0.0769. The minimum atomic E-state index is -4.71. The monoisotopic (exact) mass is 279 g/mol. The molecule has 0 fully saturated rings. The average molecular weight is 279 g/mol. The van der Waals surface area contributed by atoms with Crippen LogP contribution < -0.4 is 4.74 Å². The Labute approximate surface area is 111 Å². The first kappa shape index (κ1) is 12.5. The molecule has 1 aromatic carbocycles. The maximum Gasteiger partial charge on any atom is 0.573 e. The molecule has 0 spiro atoms. The molecule has 0 saturated carbocycles. The van der Waals surface area contributed by atoms with Gasteiger partial charge in [-0.25, -0.2) is 9.97 Å². The standard InChI is InChI=1S/C13H8F3N3O/c14-13(15,16)20-9-3-1-2-8(6-9)11-7-18-12-10(19-11)4-5-17-12/h1-7H,(H,17,18). The van der Waals surface area contributed by atoms with Gasteiger partial charge in [0.15, 0.2) is 5.65 Å². The number of alkyl halides is 3. The first-order chi connectivity index (χ1) is 9.51. The van der Waals surface area contributed by atoms with Gasteiger partial charge in [-0.1, -0.05) is 12.1 Å². The van der Waals surface area contributed by atoms with Gasteiger partial charge in [0.1, 0.15) is 11.3 Å². The van der Waals surface area contributed by atoms with Crippen LogP contribution in [0.15, 0.2) is 42.7 Å². The number of ether oxygens (including phenoxy) is 1. The van der Waals surface area contributed by atoms with Gasteiger partial charge >= 0.3 is 6.36 Å². The van der Waals surface area contributed by atoms with Gasteiger partial charge in [-0.2, -0.15) is 0 Å². The lowest BCUT2D eigenvalue weighted by Crippen LogP contribution is -2.17. The van der Waals surface area contributed by atoms with Gasteiger partial charge in [-0.15, -0.1) is 13.2 Å². The van der Waals surface area contributed by atoms with Crippen molar-refractivity contribution in [1.29, 1.82) is 0 Å². The fourth-order valence-electron chi connectivity index (χ4n) is 1.82. The molecule has 0 saturated heterocycles. The van der Waals surface area contributed by atoms with Crippen LogP contribution in [-0.2, 0) is 0 Å². The van der Waals surface area contributed by atoms with Crippen LogP contribution in [0.3, 0.4) is 0 Å². The lowest BCUT2D eigenvalue weighted by atomic mass is 10.1. The quantitative estimate of drug-likeness (QED) is 0.780. The van der Waals surface area contributed by atoms with Crippen molar-refractivity contribution in [1.82, 2.24) is 15.0 Å². The molecule has 0 aliphatic heterocycles. The summed E-state index contributed by atoms with van der Waals surface area (Å²) >= 11 is 0. The van der Waals surface area contributed by atoms with Crippen molar-refractivity contribution in [2.24, 2.45) is 0 Å². The van der Waals surface area contributed by atoms with Crippen LogP contribution >= 0.6 is 0 Å². The number of benzene rings is 1. The minimum absolute atomic E-state index is 0.286. The zero-order chi connectivity index (χ0) is 14.2. The summed E-state index contributed by atoms with van der Waals surface area (Å²) in [5.41, 5.74) is 2.24. The van der Waals surface area contributed by atoms with Gasteiger partial charge in [0, 0.05) is 11.8 Å². The summed E-state index contributed by atoms with van der Waals surface area (Å²) in [4.78, 5) is 11.3. The predicted molar refractivity (Wildman–Crippen MR) is 66.0 cm³/mol. The lowest BCUT2D eigenvalue weighted by molar-refractivity contribution is -0.274. The van der Waals surface area contributed by atoms with E-state index in [9.17, 15) is 13.2 Å². The van der Waals surface area contributed by atoms with Gasteiger partial charge in [0.2, 0.25) is 0 Å². The van der Waals surface area contributed by atoms with E-state index in [0.29, 0.717) is 22.4 Å². The van der Waals surface area contributed by atoms with Gasteiger partial charge < -0.3 is 9.72 Å². The molecule has 0 aliphatic rings. The van der Waals surface area contributed by atoms with Crippen LogP contribution in [-0.4, -0.2) is 21.3 Å². The molecule has 3 aromatic rings. The fourth-order valence-corrected chi connectivity index (χ4v) is 1.82. The molecule has 0 unspecified atom stereocenters. The van der Waals surface area contributed by atoms with Crippen LogP contribution in [0.5, 0.6) is 5.75 Å². The Morgan fingerprint density at radius 1 is 1.15 bits per heavy atom. The highest BCUT2D eigenvalue weighted by Gasteiger charge is 2.31. The summed E-state index contributed by atoms with van der Waals surface area (Å²) in [6, 6.07) is 7.36. The van der Waals surface area contributed by atoms with E-state index in [-0.39, 0.29) is 5.75 Å². The molecular weight excluding hydrogens is 271 g/mol. The summed E-state index contributed by atoms with van der Waals surface area (Å²) in [6.45, 7) is 0. The molecule has 0 atom stereocenters. The van der Waals surface area contributed by atoms with Gasteiger partial charge in [-0.3, -0.25) is 0 Å². The third-order valence-corrected chi connectivity index (χ3v) is 2.62. The van der Waals surface area contributed by atoms with Crippen molar-refractivity contribution >= 4 is 11.2 Å². The average Bonchev–Trinajstić information content (AvgIpc) is 2.84. The molecule has 0 bridgehead atoms. The van der Waals surface area contributed by atoms with Crippen molar-refractivity contribution < 1.29 is 17.9 Å². The zero-order valence-corrected chi connectivity index (χ0v) is 9.98. The van der Waals surface area contributed by atoms with E-state index in [1.807, 2.05) is 0 Å². The molecule has 2 heterocycles. The Bertz CT molecular complexity index is 752. The van der Waals surface area contributed by atoms with Crippen molar-refractivity contribution in [2.45, 2.75) is 6.36 Å². The highest BCUT2D eigenvalue weighted by molar-refractivity contribution is 5.74. The van der Waals surface area contributed by atoms with Crippen LogP contribution in [0, 0.1) is 0 Å². The van der Waals surface area contributed by atoms with Crippen molar-refractivity contribution in [3.05, 3.63) is 42.7 Å². The largest absolute Gasteiger partial charge is 0.573 e. The molecule has 0 radical (unpaired) electrons. The second-order valence-electron chi connectivity index (χ2n) is 4.04. The summed E-state index contributed by atoms with van der Waals surface area (Å²) in [5.74, 6) is -0.286. The highest BCUT2D eigenvalue weighted by atomic mass is 19.4. The Balaban J connectivity index is 1.98. The number of H-pyrrole nitrogens is 1. The topological polar surface area (TPSA) is 50.8 Å². The Morgan fingerprint density at radius 3 is 2.80 bits per heavy atom. The van der Waals surface area contributed by atoms with Gasteiger partial charge in [0.25, 0.3) is 0 Å². The molecule has 1 N–H and O–H groups in total. The Morgan fingerprint density at radius 2 is 2.00 bits per heavy atom. The van der Waals surface area contributed by atoms with E-state index in [0.717, 1.165) is 0 Å². The molecule has 0 amide bonds. The molecule has 3 rings (SSSR count). The number of rotatable bonds is 2. The zero-order valence-electron chi connectivity index (χ0n) is 9.98. The van der Waals surface area contributed by atoms with E-state index in [2.05, 4.69) is 19.7 Å². The molecular formula is C13H8F3N3O. The number of aromatic amines is 1. The van der Waals surface area contributed by atoms with E-state index in [4.69, 9.17) is 0 Å². The molecule has 0 aliphatic carbocycles. The van der Waals surface area contributed by atoms with Crippen LogP contribution in [0.25, 0.3) is 22.4 Å². The van der Waals surface area contributed by atoms with Crippen molar-refractivity contribution in [3.8, 4) is 17.0 Å². The van der Waals surface area contributed by atoms with E-state index < -0.39 is 6.36 Å². The summed E-state index contributed by atoms with van der Waals surface area (Å²) in [7, 11) is 0. The molecule has 4 nitrogen and oxygen atoms in total. The van der Waals surface area contributed by atoms with Gasteiger partial charge in [0.05, 0.1) is 11.9 Å². The summed E-state index contributed by atoms with van der Waals surface area (Å²) in [6.07, 6.45) is -1.53. The van der Waals surface area contributed by atoms with Crippen molar-refractivity contribution in [3.63, 3.8) is 0 Å². The molecule has 7 heteroatoms. The van der Waals surface area contributed by atoms with E-state index in [1.165, 1.54) is 24.4 Å². The number of fused-ring (bicyclic) bond motifs is 1. The Kier molecular flexibility index (Phi) is 2.81. The van der Waals surface area contributed by atoms with E-state index >= 15 is 0 Å². The number of nitrogens with one attached hydrogen (secondary N) is 1. The number of nitrogens with zero attached hydrogens (tertiary/aromatic N) is 2. The maximum atomic E-state index is 12.2. The third-order valence-electron chi connectivity index (χ3n) is 2.62. The first-order valence-corrected chi connectivity index (χ1v) is 5.67. The first-order valence-electron chi connectivity index (χ1n) is 5.67. The molecule has 2 aromatic heterocycles. The number of aromatic nitrogens is 3. The number of hydrogen-bond acceptors (Lipinski definition) is 3. The number of hydrogen-bond donors (Lipinski definition) is 1.